The fourth-order valence-corrected chi connectivity index (χ4v) is 4.23. The van der Waals surface area contributed by atoms with E-state index in [1.54, 1.807) is 13.1 Å². The number of aryl methyl sites for hydroxylation is 1. The molecule has 25 heavy (non-hydrogen) atoms. The molecule has 1 aromatic heterocycles. The van der Waals surface area contributed by atoms with Gasteiger partial charge in [0.1, 0.15) is 17.4 Å². The summed E-state index contributed by atoms with van der Waals surface area (Å²) in [5.74, 6) is 0.487. The van der Waals surface area contributed by atoms with Crippen LogP contribution in [0.5, 0.6) is 0 Å². The van der Waals surface area contributed by atoms with E-state index in [0.717, 1.165) is 36.4 Å². The van der Waals surface area contributed by atoms with E-state index >= 15 is 0 Å². The first-order valence-corrected chi connectivity index (χ1v) is 8.96. The predicted molar refractivity (Wildman–Crippen MR) is 88.5 cm³/mol. The highest BCUT2D eigenvalue weighted by Crippen LogP contribution is 2.35. The minimum atomic E-state index is -0.809. The first kappa shape index (κ1) is 16.1. The Labute approximate surface area is 146 Å². The summed E-state index contributed by atoms with van der Waals surface area (Å²) in [6.45, 7) is 2.28. The summed E-state index contributed by atoms with van der Waals surface area (Å²) in [7, 11) is 0. The van der Waals surface area contributed by atoms with Crippen molar-refractivity contribution in [3.8, 4) is 0 Å². The van der Waals surface area contributed by atoms with Crippen LogP contribution < -0.4 is 10.6 Å². The lowest BCUT2D eigenvalue weighted by atomic mass is 9.97. The predicted octanol–water partition coefficient (Wildman–Crippen LogP) is 0.567. The molecule has 1 spiro atoms. The van der Waals surface area contributed by atoms with Gasteiger partial charge in [-0.1, -0.05) is 12.8 Å². The molecule has 1 aliphatic carbocycles. The Morgan fingerprint density at radius 2 is 2.16 bits per heavy atom. The number of imidazole rings is 1. The third kappa shape index (κ3) is 2.60. The van der Waals surface area contributed by atoms with Crippen molar-refractivity contribution in [2.75, 3.05) is 0 Å². The average molecular weight is 345 g/mol. The number of nitrogens with one attached hydrogen (secondary N) is 2. The third-order valence-electron chi connectivity index (χ3n) is 5.70. The van der Waals surface area contributed by atoms with Crippen LogP contribution in [-0.4, -0.2) is 49.9 Å². The summed E-state index contributed by atoms with van der Waals surface area (Å²) in [6.07, 6.45) is 8.45. The summed E-state index contributed by atoms with van der Waals surface area (Å²) in [4.78, 5) is 43.1. The molecule has 1 saturated heterocycles. The Morgan fingerprint density at radius 3 is 2.92 bits per heavy atom. The standard InChI is InChI=1S/C17H23N5O3/c1-11(22-15(24)17(20-16(22)25)6-2-3-7-17)14(23)19-12-4-5-13-18-8-9-21(13)10-12/h8-9,11-12H,2-7,10H2,1H3,(H,19,23)(H,20,25)/t11-,12-/m1/s1. The normalized spacial score (nSPS) is 25.8. The molecule has 2 N–H and O–H groups in total. The van der Waals surface area contributed by atoms with Crippen molar-refractivity contribution in [3.63, 3.8) is 0 Å². The number of carbonyl (C=O) groups excluding carboxylic acids is 3. The molecule has 0 radical (unpaired) electrons. The van der Waals surface area contributed by atoms with Crippen LogP contribution in [0.4, 0.5) is 4.79 Å². The summed E-state index contributed by atoms with van der Waals surface area (Å²) < 4.78 is 2.03. The molecule has 8 nitrogen and oxygen atoms in total. The summed E-state index contributed by atoms with van der Waals surface area (Å²) in [5.41, 5.74) is -0.776. The molecule has 0 aromatic carbocycles. The van der Waals surface area contributed by atoms with E-state index in [2.05, 4.69) is 15.6 Å². The monoisotopic (exact) mass is 345 g/mol. The van der Waals surface area contributed by atoms with E-state index in [1.165, 1.54) is 0 Å². The smallest absolute Gasteiger partial charge is 0.325 e. The summed E-state index contributed by atoms with van der Waals surface area (Å²) in [6, 6.07) is -1.27. The second-order valence-corrected chi connectivity index (χ2v) is 7.31. The number of urea groups is 1. The van der Waals surface area contributed by atoms with Gasteiger partial charge in [0.05, 0.1) is 0 Å². The maximum atomic E-state index is 12.8. The fraction of sp³-hybridized carbons (Fsp3) is 0.647. The molecule has 0 bridgehead atoms. The molecule has 3 heterocycles. The number of fused-ring (bicyclic) bond motifs is 1. The molecule has 134 valence electrons. The van der Waals surface area contributed by atoms with Crippen molar-refractivity contribution in [1.29, 1.82) is 0 Å². The lowest BCUT2D eigenvalue weighted by Gasteiger charge is -2.28. The van der Waals surface area contributed by atoms with Gasteiger partial charge in [0.25, 0.3) is 5.91 Å². The van der Waals surface area contributed by atoms with Crippen LogP contribution in [0, 0.1) is 0 Å². The number of carbonyl (C=O) groups is 3. The molecule has 4 rings (SSSR count). The first-order chi connectivity index (χ1) is 12.0. The van der Waals surface area contributed by atoms with Gasteiger partial charge in [0.2, 0.25) is 5.91 Å². The van der Waals surface area contributed by atoms with Crippen molar-refractivity contribution in [2.24, 2.45) is 0 Å². The minimum Gasteiger partial charge on any atom is -0.350 e. The number of amides is 4. The van der Waals surface area contributed by atoms with Crippen molar-refractivity contribution in [3.05, 3.63) is 18.2 Å². The molecule has 3 aliphatic rings. The van der Waals surface area contributed by atoms with Gasteiger partial charge in [0, 0.05) is 31.4 Å². The van der Waals surface area contributed by atoms with Crippen LogP contribution in [0.3, 0.4) is 0 Å². The highest BCUT2D eigenvalue weighted by atomic mass is 16.2. The maximum Gasteiger partial charge on any atom is 0.325 e. The topological polar surface area (TPSA) is 96.3 Å². The minimum absolute atomic E-state index is 0.0159. The quantitative estimate of drug-likeness (QED) is 0.783. The SMILES string of the molecule is C[C@H](C(=O)N[C@@H]1CCc2nccn2C1)N1C(=O)NC2(CCCC2)C1=O. The molecule has 2 atom stereocenters. The van der Waals surface area contributed by atoms with Crippen LogP contribution in [0.15, 0.2) is 12.4 Å². The Kier molecular flexibility index (Phi) is 3.77. The molecular formula is C17H23N5O3. The summed E-state index contributed by atoms with van der Waals surface area (Å²) in [5, 5.41) is 5.81. The third-order valence-corrected chi connectivity index (χ3v) is 5.70. The average Bonchev–Trinajstić information content (AvgIpc) is 3.28. The van der Waals surface area contributed by atoms with Gasteiger partial charge in [0.15, 0.2) is 0 Å². The molecule has 1 aromatic rings. The Balaban J connectivity index is 1.42. The number of hydrogen-bond donors (Lipinski definition) is 2. The Hall–Kier alpha value is -2.38. The van der Waals surface area contributed by atoms with E-state index in [0.29, 0.717) is 19.4 Å². The van der Waals surface area contributed by atoms with E-state index in [1.807, 2.05) is 10.8 Å². The second-order valence-electron chi connectivity index (χ2n) is 7.31. The molecule has 1 saturated carbocycles. The van der Waals surface area contributed by atoms with E-state index < -0.39 is 17.6 Å². The molecular weight excluding hydrogens is 322 g/mol. The lowest BCUT2D eigenvalue weighted by molar-refractivity contribution is -0.138. The molecule has 2 fully saturated rings. The van der Waals surface area contributed by atoms with Crippen molar-refractivity contribution in [1.82, 2.24) is 25.1 Å². The second kappa shape index (κ2) is 5.86. The highest BCUT2D eigenvalue weighted by molar-refractivity contribution is 6.09. The molecule has 8 heteroatoms. The maximum absolute atomic E-state index is 12.8. The van der Waals surface area contributed by atoms with Crippen LogP contribution in [0.1, 0.15) is 44.9 Å². The number of rotatable bonds is 3. The van der Waals surface area contributed by atoms with Gasteiger partial charge in [-0.3, -0.25) is 9.59 Å². The van der Waals surface area contributed by atoms with Crippen LogP contribution in [0.25, 0.3) is 0 Å². The van der Waals surface area contributed by atoms with Crippen LogP contribution in [-0.2, 0) is 22.6 Å². The highest BCUT2D eigenvalue weighted by Gasteiger charge is 2.54. The van der Waals surface area contributed by atoms with E-state index in [-0.39, 0.29) is 17.9 Å². The largest absolute Gasteiger partial charge is 0.350 e. The zero-order valence-electron chi connectivity index (χ0n) is 14.3. The van der Waals surface area contributed by atoms with Crippen LogP contribution >= 0.6 is 0 Å². The number of nitrogens with zero attached hydrogens (tertiary/aromatic N) is 3. The van der Waals surface area contributed by atoms with Crippen molar-refractivity contribution in [2.45, 2.75) is 69.6 Å². The molecule has 4 amide bonds. The zero-order chi connectivity index (χ0) is 17.6. The fourth-order valence-electron chi connectivity index (χ4n) is 4.23. The lowest BCUT2D eigenvalue weighted by Crippen LogP contribution is -2.52. The van der Waals surface area contributed by atoms with Gasteiger partial charge in [-0.25, -0.2) is 14.7 Å². The van der Waals surface area contributed by atoms with E-state index in [9.17, 15) is 14.4 Å². The van der Waals surface area contributed by atoms with Gasteiger partial charge in [-0.05, 0) is 26.2 Å². The number of imide groups is 1. The van der Waals surface area contributed by atoms with Gasteiger partial charge >= 0.3 is 6.03 Å². The van der Waals surface area contributed by atoms with Gasteiger partial charge < -0.3 is 15.2 Å². The van der Waals surface area contributed by atoms with Crippen LogP contribution in [0.2, 0.25) is 0 Å². The van der Waals surface area contributed by atoms with Crippen molar-refractivity contribution >= 4 is 17.8 Å². The molecule has 2 aliphatic heterocycles. The Morgan fingerprint density at radius 1 is 1.40 bits per heavy atom. The van der Waals surface area contributed by atoms with E-state index in [4.69, 9.17) is 0 Å². The Bertz CT molecular complexity index is 722. The first-order valence-electron chi connectivity index (χ1n) is 8.96. The van der Waals surface area contributed by atoms with Gasteiger partial charge in [-0.15, -0.1) is 0 Å². The zero-order valence-corrected chi connectivity index (χ0v) is 14.3. The number of aromatic nitrogens is 2. The summed E-state index contributed by atoms with van der Waals surface area (Å²) >= 11 is 0. The number of hydrogen-bond acceptors (Lipinski definition) is 4. The van der Waals surface area contributed by atoms with Gasteiger partial charge in [-0.2, -0.15) is 0 Å². The van der Waals surface area contributed by atoms with Crippen molar-refractivity contribution < 1.29 is 14.4 Å². The molecule has 0 unspecified atom stereocenters.